The molecule has 0 unspecified atom stereocenters. The average Bonchev–Trinajstić information content (AvgIpc) is 2.64. The Hall–Kier alpha value is -1.37. The molecular formula is C14H24FNO5. The minimum absolute atomic E-state index is 0.171. The molecule has 21 heavy (non-hydrogen) atoms. The number of methoxy groups -OCH3 is 1. The maximum atomic E-state index is 13.3. The van der Waals surface area contributed by atoms with Gasteiger partial charge >= 0.3 is 12.1 Å². The predicted molar refractivity (Wildman–Crippen MR) is 73.4 cm³/mol. The van der Waals surface area contributed by atoms with Crippen molar-refractivity contribution in [1.82, 2.24) is 5.32 Å². The first-order valence-corrected chi connectivity index (χ1v) is 7.02. The van der Waals surface area contributed by atoms with Crippen LogP contribution in [0.1, 0.15) is 40.0 Å². The van der Waals surface area contributed by atoms with Crippen LogP contribution in [0, 0.1) is 5.92 Å². The minimum Gasteiger partial charge on any atom is -0.467 e. The molecule has 1 amide bonds. The number of rotatable bonds is 4. The largest absolute Gasteiger partial charge is 0.467 e. The number of alkyl halides is 1. The number of hydrogen-bond donors (Lipinski definition) is 2. The van der Waals surface area contributed by atoms with Crippen LogP contribution in [0.4, 0.5) is 9.18 Å². The predicted octanol–water partition coefficient (Wildman–Crippen LogP) is 1.55. The number of aliphatic hydroxyl groups is 1. The normalized spacial score (nSPS) is 27.0. The Bertz CT molecular complexity index is 372. The van der Waals surface area contributed by atoms with Crippen LogP contribution in [0.3, 0.4) is 0 Å². The zero-order valence-corrected chi connectivity index (χ0v) is 12.9. The zero-order valence-electron chi connectivity index (χ0n) is 12.9. The molecule has 4 atom stereocenters. The van der Waals surface area contributed by atoms with Crippen molar-refractivity contribution in [2.45, 2.75) is 64.0 Å². The molecule has 0 aromatic carbocycles. The van der Waals surface area contributed by atoms with E-state index >= 15 is 0 Å². The minimum atomic E-state index is -1.28. The standard InChI is InChI=1S/C14H24FNO5/c1-14(2,3)21-13(19)16-10(12(18)20-4)6-8-5-9(15)11(17)7-8/h8-11,17H,5-7H2,1-4H3,(H,16,19)/t8-,9+,10-,11+/m1/s1. The molecule has 0 aliphatic heterocycles. The van der Waals surface area contributed by atoms with Gasteiger partial charge in [-0.3, -0.25) is 0 Å². The molecule has 0 aromatic heterocycles. The number of hydrogen-bond acceptors (Lipinski definition) is 5. The van der Waals surface area contributed by atoms with Crippen LogP contribution in [0.15, 0.2) is 0 Å². The molecule has 6 nitrogen and oxygen atoms in total. The summed E-state index contributed by atoms with van der Waals surface area (Å²) in [5, 5.41) is 11.8. The third-order valence-electron chi connectivity index (χ3n) is 3.30. The van der Waals surface area contributed by atoms with E-state index in [1.54, 1.807) is 20.8 Å². The summed E-state index contributed by atoms with van der Waals surface area (Å²) >= 11 is 0. The molecule has 122 valence electrons. The smallest absolute Gasteiger partial charge is 0.408 e. The molecule has 0 aromatic rings. The Morgan fingerprint density at radius 3 is 2.43 bits per heavy atom. The van der Waals surface area contributed by atoms with Crippen molar-refractivity contribution in [2.75, 3.05) is 7.11 Å². The number of esters is 1. The van der Waals surface area contributed by atoms with Crippen molar-refractivity contribution < 1.29 is 28.6 Å². The first-order valence-electron chi connectivity index (χ1n) is 7.02. The molecule has 2 N–H and O–H groups in total. The molecule has 1 saturated carbocycles. The number of halogens is 1. The number of nitrogens with one attached hydrogen (secondary N) is 1. The summed E-state index contributed by atoms with van der Waals surface area (Å²) in [6.45, 7) is 5.13. The molecule has 0 spiro atoms. The second-order valence-electron chi connectivity index (χ2n) is 6.38. The van der Waals surface area contributed by atoms with Gasteiger partial charge in [0.15, 0.2) is 0 Å². The van der Waals surface area contributed by atoms with E-state index in [0.29, 0.717) is 0 Å². The van der Waals surface area contributed by atoms with Crippen molar-refractivity contribution in [3.05, 3.63) is 0 Å². The SMILES string of the molecule is COC(=O)[C@@H](C[C@@H]1C[C@H](O)[C@@H](F)C1)NC(=O)OC(C)(C)C. The quantitative estimate of drug-likeness (QED) is 0.770. The Kier molecular flexibility index (Phi) is 5.95. The number of ether oxygens (including phenoxy) is 2. The highest BCUT2D eigenvalue weighted by molar-refractivity contribution is 5.81. The second kappa shape index (κ2) is 7.06. The topological polar surface area (TPSA) is 84.9 Å². The lowest BCUT2D eigenvalue weighted by Crippen LogP contribution is -2.44. The van der Waals surface area contributed by atoms with Crippen molar-refractivity contribution in [1.29, 1.82) is 0 Å². The van der Waals surface area contributed by atoms with E-state index < -0.39 is 36.0 Å². The lowest BCUT2D eigenvalue weighted by Gasteiger charge is -2.23. The first-order chi connectivity index (χ1) is 9.62. The van der Waals surface area contributed by atoms with Crippen LogP contribution >= 0.6 is 0 Å². The molecule has 0 saturated heterocycles. The maximum absolute atomic E-state index is 13.3. The fourth-order valence-corrected chi connectivity index (χ4v) is 2.39. The molecular weight excluding hydrogens is 281 g/mol. The van der Waals surface area contributed by atoms with E-state index in [1.165, 1.54) is 7.11 Å². The summed E-state index contributed by atoms with van der Waals surface area (Å²) in [6, 6.07) is -0.910. The Balaban J connectivity index is 2.60. The third kappa shape index (κ3) is 5.87. The van der Waals surface area contributed by atoms with E-state index in [9.17, 15) is 19.1 Å². The Labute approximate surface area is 124 Å². The van der Waals surface area contributed by atoms with E-state index in [2.05, 4.69) is 10.1 Å². The monoisotopic (exact) mass is 305 g/mol. The number of aliphatic hydroxyl groups excluding tert-OH is 1. The van der Waals surface area contributed by atoms with Crippen LogP contribution in [-0.4, -0.2) is 48.2 Å². The lowest BCUT2D eigenvalue weighted by molar-refractivity contribution is -0.143. The first kappa shape index (κ1) is 17.7. The fourth-order valence-electron chi connectivity index (χ4n) is 2.39. The third-order valence-corrected chi connectivity index (χ3v) is 3.30. The van der Waals surface area contributed by atoms with E-state index in [0.717, 1.165) is 0 Å². The number of carbonyl (C=O) groups excluding carboxylic acids is 2. The van der Waals surface area contributed by atoms with Crippen LogP contribution in [0.5, 0.6) is 0 Å². The summed E-state index contributed by atoms with van der Waals surface area (Å²) < 4.78 is 23.0. The fraction of sp³-hybridized carbons (Fsp3) is 0.857. The number of amides is 1. The van der Waals surface area contributed by atoms with Crippen molar-refractivity contribution in [2.24, 2.45) is 5.92 Å². The van der Waals surface area contributed by atoms with Gasteiger partial charge < -0.3 is 19.9 Å². The number of carbonyl (C=O) groups is 2. The van der Waals surface area contributed by atoms with Crippen molar-refractivity contribution in [3.8, 4) is 0 Å². The second-order valence-corrected chi connectivity index (χ2v) is 6.38. The van der Waals surface area contributed by atoms with Gasteiger partial charge in [0.25, 0.3) is 0 Å². The summed E-state index contributed by atoms with van der Waals surface area (Å²) in [4.78, 5) is 23.4. The molecule has 1 aliphatic rings. The number of alkyl carbamates (subject to hydrolysis) is 1. The Morgan fingerprint density at radius 2 is 2.00 bits per heavy atom. The van der Waals surface area contributed by atoms with Gasteiger partial charge in [0.2, 0.25) is 0 Å². The van der Waals surface area contributed by atoms with E-state index in [-0.39, 0.29) is 25.2 Å². The average molecular weight is 305 g/mol. The van der Waals surface area contributed by atoms with Gasteiger partial charge in [0.1, 0.15) is 17.8 Å². The molecule has 0 bridgehead atoms. The van der Waals surface area contributed by atoms with Crippen molar-refractivity contribution in [3.63, 3.8) is 0 Å². The van der Waals surface area contributed by atoms with E-state index in [4.69, 9.17) is 4.74 Å². The van der Waals surface area contributed by atoms with E-state index in [1.807, 2.05) is 0 Å². The van der Waals surface area contributed by atoms with Gasteiger partial charge in [0, 0.05) is 0 Å². The molecule has 0 heterocycles. The summed E-state index contributed by atoms with van der Waals surface area (Å²) in [5.74, 6) is -0.799. The maximum Gasteiger partial charge on any atom is 0.408 e. The molecule has 0 radical (unpaired) electrons. The van der Waals surface area contributed by atoms with Crippen LogP contribution < -0.4 is 5.32 Å². The van der Waals surface area contributed by atoms with Gasteiger partial charge in [-0.1, -0.05) is 0 Å². The van der Waals surface area contributed by atoms with Crippen molar-refractivity contribution >= 4 is 12.1 Å². The van der Waals surface area contributed by atoms with Crippen LogP contribution in [-0.2, 0) is 14.3 Å². The van der Waals surface area contributed by atoms with Gasteiger partial charge in [-0.25, -0.2) is 14.0 Å². The van der Waals surface area contributed by atoms with Gasteiger partial charge in [-0.05, 0) is 46.0 Å². The summed E-state index contributed by atoms with van der Waals surface area (Å²) in [6.07, 6.45) is -2.36. The van der Waals surface area contributed by atoms with Gasteiger partial charge in [-0.2, -0.15) is 0 Å². The van der Waals surface area contributed by atoms with Crippen LogP contribution in [0.2, 0.25) is 0 Å². The van der Waals surface area contributed by atoms with Gasteiger partial charge in [0.05, 0.1) is 13.2 Å². The summed E-state index contributed by atoms with van der Waals surface area (Å²) in [7, 11) is 1.22. The molecule has 1 rings (SSSR count). The Morgan fingerprint density at radius 1 is 1.38 bits per heavy atom. The summed E-state index contributed by atoms with van der Waals surface area (Å²) in [5.41, 5.74) is -0.682. The lowest BCUT2D eigenvalue weighted by atomic mass is 9.98. The molecule has 7 heteroatoms. The highest BCUT2D eigenvalue weighted by Gasteiger charge is 2.36. The van der Waals surface area contributed by atoms with Gasteiger partial charge in [-0.15, -0.1) is 0 Å². The molecule has 1 aliphatic carbocycles. The molecule has 1 fully saturated rings. The zero-order chi connectivity index (χ0) is 16.2. The highest BCUT2D eigenvalue weighted by Crippen LogP contribution is 2.31. The van der Waals surface area contributed by atoms with Crippen LogP contribution in [0.25, 0.3) is 0 Å². The highest BCUT2D eigenvalue weighted by atomic mass is 19.1.